The smallest absolute Gasteiger partial charge is 0.225 e. The van der Waals surface area contributed by atoms with Crippen LogP contribution in [0.2, 0.25) is 5.02 Å². The molecule has 5 heteroatoms. The fraction of sp³-hybridized carbons (Fsp3) is 0.562. The first-order valence-electron chi connectivity index (χ1n) is 7.40. The predicted octanol–water partition coefficient (Wildman–Crippen LogP) is 2.03. The number of hydrogen-bond donors (Lipinski definition) is 2. The zero-order chi connectivity index (χ0) is 15.1. The van der Waals surface area contributed by atoms with Gasteiger partial charge in [-0.3, -0.25) is 4.79 Å². The lowest BCUT2D eigenvalue weighted by Gasteiger charge is -2.22. The lowest BCUT2D eigenvalue weighted by molar-refractivity contribution is -0.129. The Morgan fingerprint density at radius 2 is 2.19 bits per heavy atom. The Morgan fingerprint density at radius 1 is 1.43 bits per heavy atom. The van der Waals surface area contributed by atoms with Crippen LogP contribution in [0.5, 0.6) is 0 Å². The third kappa shape index (κ3) is 5.30. The van der Waals surface area contributed by atoms with Crippen molar-refractivity contribution in [1.29, 1.82) is 0 Å². The molecule has 1 amide bonds. The van der Waals surface area contributed by atoms with Crippen LogP contribution in [0.15, 0.2) is 24.3 Å². The molecule has 4 nitrogen and oxygen atoms in total. The maximum absolute atomic E-state index is 12.0. The lowest BCUT2D eigenvalue weighted by atomic mass is 9.98. The highest BCUT2D eigenvalue weighted by Gasteiger charge is 2.22. The van der Waals surface area contributed by atoms with Gasteiger partial charge in [0.25, 0.3) is 0 Å². The first kappa shape index (κ1) is 16.3. The summed E-state index contributed by atoms with van der Waals surface area (Å²) < 4.78 is 5.32. The van der Waals surface area contributed by atoms with E-state index < -0.39 is 0 Å². The minimum Gasteiger partial charge on any atom is -0.396 e. The van der Waals surface area contributed by atoms with Crippen molar-refractivity contribution in [1.82, 2.24) is 5.32 Å². The average Bonchev–Trinajstić information content (AvgIpc) is 2.53. The summed E-state index contributed by atoms with van der Waals surface area (Å²) in [7, 11) is 0. The molecule has 0 aliphatic carbocycles. The molecule has 1 heterocycles. The molecular weight excluding hydrogens is 290 g/mol. The first-order valence-corrected chi connectivity index (χ1v) is 7.77. The largest absolute Gasteiger partial charge is 0.396 e. The van der Waals surface area contributed by atoms with Gasteiger partial charge < -0.3 is 15.2 Å². The number of rotatable bonds is 6. The zero-order valence-corrected chi connectivity index (χ0v) is 12.8. The molecule has 1 aromatic rings. The van der Waals surface area contributed by atoms with Crippen molar-refractivity contribution >= 4 is 17.5 Å². The van der Waals surface area contributed by atoms with Crippen LogP contribution in [-0.4, -0.2) is 37.4 Å². The second kappa shape index (κ2) is 8.37. The summed E-state index contributed by atoms with van der Waals surface area (Å²) in [6.07, 6.45) is 2.54. The number of carbonyl (C=O) groups excluding carboxylic acids is 1. The molecular formula is C16H22ClNO3. The number of aliphatic hydroxyl groups is 1. The molecule has 116 valence electrons. The molecule has 1 fully saturated rings. The number of aliphatic hydroxyl groups excluding tert-OH is 1. The summed E-state index contributed by atoms with van der Waals surface area (Å²) >= 11 is 5.85. The van der Waals surface area contributed by atoms with Crippen LogP contribution in [0.25, 0.3) is 0 Å². The number of nitrogens with one attached hydrogen (secondary N) is 1. The van der Waals surface area contributed by atoms with Crippen molar-refractivity contribution < 1.29 is 14.6 Å². The molecule has 2 rings (SSSR count). The Kier molecular flexibility index (Phi) is 6.49. The van der Waals surface area contributed by atoms with Gasteiger partial charge in [0.1, 0.15) is 0 Å². The summed E-state index contributed by atoms with van der Waals surface area (Å²) in [5.74, 6) is -0.00230. The van der Waals surface area contributed by atoms with Crippen molar-refractivity contribution in [3.63, 3.8) is 0 Å². The third-order valence-electron chi connectivity index (χ3n) is 3.79. The van der Waals surface area contributed by atoms with Crippen LogP contribution in [0.4, 0.5) is 0 Å². The van der Waals surface area contributed by atoms with Crippen molar-refractivity contribution in [3.05, 3.63) is 34.9 Å². The highest BCUT2D eigenvalue weighted by molar-refractivity contribution is 6.30. The average molecular weight is 312 g/mol. The maximum atomic E-state index is 12.0. The molecule has 2 unspecified atom stereocenters. The topological polar surface area (TPSA) is 58.6 Å². The van der Waals surface area contributed by atoms with E-state index in [1.807, 2.05) is 24.3 Å². The van der Waals surface area contributed by atoms with Gasteiger partial charge in [0.2, 0.25) is 5.91 Å². The van der Waals surface area contributed by atoms with Gasteiger partial charge in [0, 0.05) is 30.7 Å². The van der Waals surface area contributed by atoms with Gasteiger partial charge in [0.15, 0.2) is 0 Å². The number of halogens is 1. The number of carbonyl (C=O) groups is 1. The van der Waals surface area contributed by atoms with E-state index >= 15 is 0 Å². The van der Waals surface area contributed by atoms with E-state index in [0.717, 1.165) is 31.4 Å². The highest BCUT2D eigenvalue weighted by atomic mass is 35.5. The van der Waals surface area contributed by atoms with E-state index in [2.05, 4.69) is 5.32 Å². The van der Waals surface area contributed by atoms with Gasteiger partial charge >= 0.3 is 0 Å². The van der Waals surface area contributed by atoms with Crippen LogP contribution in [0.1, 0.15) is 18.4 Å². The molecule has 1 aliphatic rings. The SMILES string of the molecule is O=C(NCC(CO)Cc1ccc(Cl)cc1)C1CCCOC1. The molecule has 0 saturated carbocycles. The van der Waals surface area contributed by atoms with Crippen LogP contribution < -0.4 is 5.32 Å². The number of ether oxygens (including phenoxy) is 1. The molecule has 0 radical (unpaired) electrons. The van der Waals surface area contributed by atoms with Gasteiger partial charge in [-0.15, -0.1) is 0 Å². The summed E-state index contributed by atoms with van der Waals surface area (Å²) in [4.78, 5) is 12.0. The van der Waals surface area contributed by atoms with Crippen molar-refractivity contribution in [2.24, 2.45) is 11.8 Å². The number of amides is 1. The monoisotopic (exact) mass is 311 g/mol. The van der Waals surface area contributed by atoms with Crippen LogP contribution in [-0.2, 0) is 16.0 Å². The fourth-order valence-electron chi connectivity index (χ4n) is 2.49. The van der Waals surface area contributed by atoms with Crippen molar-refractivity contribution in [2.45, 2.75) is 19.3 Å². The van der Waals surface area contributed by atoms with E-state index in [0.29, 0.717) is 18.2 Å². The summed E-state index contributed by atoms with van der Waals surface area (Å²) in [6, 6.07) is 7.57. The molecule has 1 aromatic carbocycles. The van der Waals surface area contributed by atoms with Gasteiger partial charge in [0.05, 0.1) is 12.5 Å². The standard InChI is InChI=1S/C16H22ClNO3/c17-15-5-3-12(4-6-15)8-13(10-19)9-18-16(20)14-2-1-7-21-11-14/h3-6,13-14,19H,1-2,7-11H2,(H,18,20). The van der Waals surface area contributed by atoms with E-state index in [4.69, 9.17) is 16.3 Å². The van der Waals surface area contributed by atoms with Gasteiger partial charge in [-0.05, 0) is 37.0 Å². The van der Waals surface area contributed by atoms with Crippen LogP contribution in [0, 0.1) is 11.8 Å². The Labute approximate surface area is 130 Å². The number of hydrogen-bond acceptors (Lipinski definition) is 3. The molecule has 2 atom stereocenters. The molecule has 0 aromatic heterocycles. The third-order valence-corrected chi connectivity index (χ3v) is 4.04. The van der Waals surface area contributed by atoms with Gasteiger partial charge in [-0.1, -0.05) is 23.7 Å². The summed E-state index contributed by atoms with van der Waals surface area (Å²) in [5.41, 5.74) is 1.11. The van der Waals surface area contributed by atoms with Gasteiger partial charge in [-0.2, -0.15) is 0 Å². The van der Waals surface area contributed by atoms with E-state index in [1.165, 1.54) is 0 Å². The van der Waals surface area contributed by atoms with E-state index in [1.54, 1.807) is 0 Å². The van der Waals surface area contributed by atoms with Crippen molar-refractivity contribution in [2.75, 3.05) is 26.4 Å². The number of benzene rings is 1. The Balaban J connectivity index is 1.78. The Morgan fingerprint density at radius 3 is 2.81 bits per heavy atom. The lowest BCUT2D eigenvalue weighted by Crippen LogP contribution is -2.39. The van der Waals surface area contributed by atoms with E-state index in [9.17, 15) is 9.90 Å². The quantitative estimate of drug-likeness (QED) is 0.845. The second-order valence-electron chi connectivity index (χ2n) is 5.54. The van der Waals surface area contributed by atoms with Crippen LogP contribution >= 0.6 is 11.6 Å². The molecule has 2 N–H and O–H groups in total. The van der Waals surface area contributed by atoms with Crippen molar-refractivity contribution in [3.8, 4) is 0 Å². The molecule has 1 aliphatic heterocycles. The first-order chi connectivity index (χ1) is 10.2. The molecule has 1 saturated heterocycles. The normalized spacial score (nSPS) is 20.0. The van der Waals surface area contributed by atoms with Gasteiger partial charge in [-0.25, -0.2) is 0 Å². The Bertz CT molecular complexity index is 443. The minimum absolute atomic E-state index is 0.0136. The van der Waals surface area contributed by atoms with E-state index in [-0.39, 0.29) is 24.3 Å². The summed E-state index contributed by atoms with van der Waals surface area (Å²) in [6.45, 7) is 1.78. The highest BCUT2D eigenvalue weighted by Crippen LogP contribution is 2.15. The Hall–Kier alpha value is -1.10. The fourth-order valence-corrected chi connectivity index (χ4v) is 2.62. The molecule has 21 heavy (non-hydrogen) atoms. The summed E-state index contributed by atoms with van der Waals surface area (Å²) in [5, 5.41) is 13.1. The molecule has 0 bridgehead atoms. The molecule has 0 spiro atoms. The zero-order valence-electron chi connectivity index (χ0n) is 12.1. The second-order valence-corrected chi connectivity index (χ2v) is 5.97. The minimum atomic E-state index is -0.0476. The predicted molar refractivity (Wildman–Crippen MR) is 82.3 cm³/mol. The maximum Gasteiger partial charge on any atom is 0.225 e. The van der Waals surface area contributed by atoms with Crippen LogP contribution in [0.3, 0.4) is 0 Å².